The maximum Gasteiger partial charge on any atom is 0.411 e. The number of ketones is 1. The number of Topliss-reactive ketones (excluding diaryl/α,β-unsaturated/α-hetero) is 1. The van der Waals surface area contributed by atoms with Crippen molar-refractivity contribution in [3.63, 3.8) is 0 Å². The number of hydrogen-bond donors (Lipinski definition) is 0. The van der Waals surface area contributed by atoms with Crippen molar-refractivity contribution in [2.45, 2.75) is 70.3 Å². The summed E-state index contributed by atoms with van der Waals surface area (Å²) < 4.78 is 32.0. The Hall–Kier alpha value is -2.02. The number of fused-ring (bicyclic) bond motifs is 2. The highest BCUT2D eigenvalue weighted by Crippen LogP contribution is 2.37. The number of piperazine rings is 1. The van der Waals surface area contributed by atoms with Crippen LogP contribution < -0.4 is 0 Å². The monoisotopic (exact) mass is 380 g/mol. The molecule has 2 saturated heterocycles. The first-order chi connectivity index (χ1) is 12.7. The quantitative estimate of drug-likeness (QED) is 0.803. The van der Waals surface area contributed by atoms with Crippen molar-refractivity contribution in [2.24, 2.45) is 0 Å². The fourth-order valence-electron chi connectivity index (χ4n) is 4.07. The molecule has 3 unspecified atom stereocenters. The highest BCUT2D eigenvalue weighted by atomic mass is 19.3. The van der Waals surface area contributed by atoms with Crippen molar-refractivity contribution in [3.05, 3.63) is 35.9 Å². The zero-order chi connectivity index (χ0) is 19.8. The van der Waals surface area contributed by atoms with Crippen LogP contribution in [0.4, 0.5) is 13.6 Å². The van der Waals surface area contributed by atoms with Crippen molar-refractivity contribution >= 4 is 11.9 Å². The largest absolute Gasteiger partial charge is 0.444 e. The predicted octanol–water partition coefficient (Wildman–Crippen LogP) is 3.47. The second-order valence-electron chi connectivity index (χ2n) is 8.24. The molecule has 0 spiro atoms. The second-order valence-corrected chi connectivity index (χ2v) is 8.24. The number of alkyl halides is 2. The third-order valence-corrected chi connectivity index (χ3v) is 5.14. The molecule has 2 bridgehead atoms. The van der Waals surface area contributed by atoms with E-state index >= 15 is 0 Å². The maximum absolute atomic E-state index is 13.3. The van der Waals surface area contributed by atoms with Crippen LogP contribution in [0.1, 0.15) is 39.2 Å². The summed E-state index contributed by atoms with van der Waals surface area (Å²) in [6.07, 6.45) is -2.43. The van der Waals surface area contributed by atoms with Gasteiger partial charge in [0.15, 0.2) is 0 Å². The molecule has 0 aliphatic carbocycles. The minimum atomic E-state index is -3.12. The molecule has 2 aliphatic heterocycles. The molecule has 2 heterocycles. The lowest BCUT2D eigenvalue weighted by atomic mass is 9.98. The van der Waals surface area contributed by atoms with Crippen LogP contribution in [-0.4, -0.2) is 58.4 Å². The van der Waals surface area contributed by atoms with Crippen LogP contribution >= 0.6 is 0 Å². The SMILES string of the molecule is CC(C)(C)OC(=O)N1CC2CCC(C1C(=O)C(F)F)N2Cc1ccccc1. The molecule has 1 aromatic rings. The van der Waals surface area contributed by atoms with Crippen LogP contribution in [0, 0.1) is 0 Å². The normalized spacial score (nSPS) is 25.7. The average Bonchev–Trinajstić information content (AvgIpc) is 2.85. The summed E-state index contributed by atoms with van der Waals surface area (Å²) in [5, 5.41) is 0. The van der Waals surface area contributed by atoms with Gasteiger partial charge in [0.05, 0.1) is 0 Å². The summed E-state index contributed by atoms with van der Waals surface area (Å²) in [7, 11) is 0. The fourth-order valence-corrected chi connectivity index (χ4v) is 4.07. The highest BCUT2D eigenvalue weighted by molar-refractivity contribution is 5.91. The molecule has 0 saturated carbocycles. The Morgan fingerprint density at radius 3 is 2.44 bits per heavy atom. The molecule has 3 rings (SSSR count). The molecule has 0 N–H and O–H groups in total. The summed E-state index contributed by atoms with van der Waals surface area (Å²) in [5.41, 5.74) is 0.304. The zero-order valence-electron chi connectivity index (χ0n) is 15.9. The molecule has 1 aromatic carbocycles. The van der Waals surface area contributed by atoms with E-state index < -0.39 is 36.0 Å². The number of benzene rings is 1. The van der Waals surface area contributed by atoms with Gasteiger partial charge in [-0.25, -0.2) is 13.6 Å². The smallest absolute Gasteiger partial charge is 0.411 e. The number of nitrogens with zero attached hydrogens (tertiary/aromatic N) is 2. The molecule has 0 radical (unpaired) electrons. The van der Waals surface area contributed by atoms with E-state index in [2.05, 4.69) is 4.90 Å². The molecule has 0 aromatic heterocycles. The van der Waals surface area contributed by atoms with Gasteiger partial charge >= 0.3 is 6.09 Å². The minimum absolute atomic E-state index is 0.0319. The third-order valence-electron chi connectivity index (χ3n) is 5.14. The standard InChI is InChI=1S/C20H26F2N2O3/c1-20(2,3)27-19(26)24-12-14-9-10-15(16(24)17(25)18(21)22)23(14)11-13-7-5-4-6-8-13/h4-8,14-16,18H,9-12H2,1-3H3. The lowest BCUT2D eigenvalue weighted by Crippen LogP contribution is -2.64. The van der Waals surface area contributed by atoms with Crippen LogP contribution in [-0.2, 0) is 16.1 Å². The first kappa shape index (κ1) is 19.7. The van der Waals surface area contributed by atoms with E-state index in [0.29, 0.717) is 13.0 Å². The lowest BCUT2D eigenvalue weighted by Gasteiger charge is -2.46. The molecule has 5 nitrogen and oxygen atoms in total. The van der Waals surface area contributed by atoms with Crippen LogP contribution in [0.5, 0.6) is 0 Å². The van der Waals surface area contributed by atoms with Crippen molar-refractivity contribution in [1.29, 1.82) is 0 Å². The van der Waals surface area contributed by atoms with Gasteiger partial charge in [-0.15, -0.1) is 0 Å². The van der Waals surface area contributed by atoms with Crippen LogP contribution in [0.2, 0.25) is 0 Å². The number of ether oxygens (including phenoxy) is 1. The van der Waals surface area contributed by atoms with Crippen molar-refractivity contribution in [3.8, 4) is 0 Å². The number of carbonyl (C=O) groups excluding carboxylic acids is 2. The van der Waals surface area contributed by atoms with Gasteiger partial charge in [-0.1, -0.05) is 30.3 Å². The number of halogens is 2. The molecular formula is C20H26F2N2O3. The lowest BCUT2D eigenvalue weighted by molar-refractivity contribution is -0.140. The van der Waals surface area contributed by atoms with E-state index in [4.69, 9.17) is 4.74 Å². The van der Waals surface area contributed by atoms with Crippen molar-refractivity contribution in [1.82, 2.24) is 9.80 Å². The Morgan fingerprint density at radius 1 is 1.19 bits per heavy atom. The summed E-state index contributed by atoms with van der Waals surface area (Å²) in [6.45, 7) is 5.95. The van der Waals surface area contributed by atoms with E-state index in [1.165, 1.54) is 4.90 Å². The second kappa shape index (κ2) is 7.54. The van der Waals surface area contributed by atoms with Crippen molar-refractivity contribution in [2.75, 3.05) is 6.54 Å². The Bertz CT molecular complexity index is 690. The third kappa shape index (κ3) is 4.29. The Balaban J connectivity index is 1.86. The summed E-state index contributed by atoms with van der Waals surface area (Å²) in [4.78, 5) is 28.3. The number of amides is 1. The van der Waals surface area contributed by atoms with Gasteiger partial charge in [-0.05, 0) is 39.2 Å². The van der Waals surface area contributed by atoms with E-state index in [9.17, 15) is 18.4 Å². The average molecular weight is 380 g/mol. The number of likely N-dealkylation sites (tertiary alicyclic amines) is 1. The van der Waals surface area contributed by atoms with E-state index in [1.54, 1.807) is 20.8 Å². The van der Waals surface area contributed by atoms with E-state index in [1.807, 2.05) is 30.3 Å². The van der Waals surface area contributed by atoms with Crippen LogP contribution in [0.25, 0.3) is 0 Å². The first-order valence-corrected chi connectivity index (χ1v) is 9.28. The number of rotatable bonds is 4. The van der Waals surface area contributed by atoms with Gasteiger partial charge in [-0.2, -0.15) is 0 Å². The molecule has 148 valence electrons. The molecule has 2 aliphatic rings. The van der Waals surface area contributed by atoms with Gasteiger partial charge in [-0.3, -0.25) is 14.6 Å². The molecule has 27 heavy (non-hydrogen) atoms. The van der Waals surface area contributed by atoms with Crippen LogP contribution in [0.3, 0.4) is 0 Å². The van der Waals surface area contributed by atoms with E-state index in [-0.39, 0.29) is 12.6 Å². The van der Waals surface area contributed by atoms with Gasteiger partial charge in [0.2, 0.25) is 5.78 Å². The first-order valence-electron chi connectivity index (χ1n) is 9.28. The van der Waals surface area contributed by atoms with Gasteiger partial charge in [0, 0.05) is 25.2 Å². The number of hydrogen-bond acceptors (Lipinski definition) is 4. The Morgan fingerprint density at radius 2 is 1.85 bits per heavy atom. The topological polar surface area (TPSA) is 49.9 Å². The highest BCUT2D eigenvalue weighted by Gasteiger charge is 2.52. The Labute approximate surface area is 158 Å². The molecule has 1 amide bonds. The summed E-state index contributed by atoms with van der Waals surface area (Å²) >= 11 is 0. The number of carbonyl (C=O) groups is 2. The summed E-state index contributed by atoms with van der Waals surface area (Å²) in [6, 6.07) is 8.16. The van der Waals surface area contributed by atoms with E-state index in [0.717, 1.165) is 12.0 Å². The van der Waals surface area contributed by atoms with Gasteiger partial charge < -0.3 is 4.74 Å². The summed E-state index contributed by atoms with van der Waals surface area (Å²) in [5.74, 6) is -1.20. The molecule has 3 atom stereocenters. The molecule has 7 heteroatoms. The predicted molar refractivity (Wildman–Crippen MR) is 96.5 cm³/mol. The van der Waals surface area contributed by atoms with Gasteiger partial charge in [0.25, 0.3) is 6.43 Å². The van der Waals surface area contributed by atoms with Gasteiger partial charge in [0.1, 0.15) is 11.6 Å². The molecular weight excluding hydrogens is 354 g/mol. The van der Waals surface area contributed by atoms with Crippen molar-refractivity contribution < 1.29 is 23.1 Å². The molecule has 2 fully saturated rings. The minimum Gasteiger partial charge on any atom is -0.444 e. The Kier molecular flexibility index (Phi) is 5.51. The zero-order valence-corrected chi connectivity index (χ0v) is 15.9. The van der Waals surface area contributed by atoms with Crippen LogP contribution in [0.15, 0.2) is 30.3 Å². The maximum atomic E-state index is 13.3. The fraction of sp³-hybridized carbons (Fsp3) is 0.600.